The lowest BCUT2D eigenvalue weighted by atomic mass is 10.1. The molecular formula is C22H20ClN2OS+. The van der Waals surface area contributed by atoms with Gasteiger partial charge in [-0.1, -0.05) is 42.0 Å². The van der Waals surface area contributed by atoms with Crippen LogP contribution >= 0.6 is 23.8 Å². The summed E-state index contributed by atoms with van der Waals surface area (Å²) in [5, 5.41) is 14.9. The van der Waals surface area contributed by atoms with Crippen molar-refractivity contribution in [3.8, 4) is 0 Å². The maximum Gasteiger partial charge on any atom is 0.288 e. The van der Waals surface area contributed by atoms with Crippen LogP contribution in [0, 0.1) is 13.8 Å². The molecule has 136 valence electrons. The van der Waals surface area contributed by atoms with Crippen LogP contribution in [0.4, 0.5) is 5.69 Å². The molecule has 0 fully saturated rings. The molecule has 1 aromatic heterocycles. The third-order valence-corrected chi connectivity index (χ3v) is 4.93. The van der Waals surface area contributed by atoms with Gasteiger partial charge in [-0.3, -0.25) is 0 Å². The quantitative estimate of drug-likeness (QED) is 0.262. The Morgan fingerprint density at radius 1 is 0.963 bits per heavy atom. The predicted molar refractivity (Wildman–Crippen MR) is 116 cm³/mol. The van der Waals surface area contributed by atoms with E-state index in [1.807, 2.05) is 49.6 Å². The van der Waals surface area contributed by atoms with Crippen LogP contribution in [0.5, 0.6) is 0 Å². The molecule has 0 aliphatic heterocycles. The molecule has 0 saturated heterocycles. The second-order valence-electron chi connectivity index (χ2n) is 6.19. The smallest absolute Gasteiger partial charge is 0.288 e. The monoisotopic (exact) mass is 395 g/mol. The third-order valence-electron chi connectivity index (χ3n) is 4.38. The number of aryl methyl sites for hydroxylation is 1. The number of anilines is 1. The maximum absolute atomic E-state index is 11.0. The summed E-state index contributed by atoms with van der Waals surface area (Å²) in [5.41, 5.74) is 4.33. The summed E-state index contributed by atoms with van der Waals surface area (Å²) in [4.78, 5) is 0.423. The van der Waals surface area contributed by atoms with Crippen LogP contribution < -0.4 is 9.88 Å². The van der Waals surface area contributed by atoms with E-state index in [-0.39, 0.29) is 5.76 Å². The predicted octanol–water partition coefficient (Wildman–Crippen LogP) is 5.57. The van der Waals surface area contributed by atoms with Crippen LogP contribution in [-0.2, 0) is 0 Å². The van der Waals surface area contributed by atoms with E-state index in [2.05, 4.69) is 18.3 Å². The molecule has 5 heteroatoms. The zero-order valence-electron chi connectivity index (χ0n) is 15.1. The first kappa shape index (κ1) is 19.1. The van der Waals surface area contributed by atoms with Crippen molar-refractivity contribution in [1.29, 1.82) is 0 Å². The molecule has 2 N–H and O–H groups in total. The van der Waals surface area contributed by atoms with Crippen molar-refractivity contribution in [2.75, 3.05) is 5.32 Å². The molecule has 0 unspecified atom stereocenters. The maximum atomic E-state index is 11.0. The van der Waals surface area contributed by atoms with E-state index in [4.69, 9.17) is 23.8 Å². The summed E-state index contributed by atoms with van der Waals surface area (Å²) in [7, 11) is 0. The molecular weight excluding hydrogens is 376 g/mol. The number of hydrogen-bond donors (Lipinski definition) is 2. The van der Waals surface area contributed by atoms with Crippen LogP contribution in [0.15, 0.2) is 73.1 Å². The largest absolute Gasteiger partial charge is 0.502 e. The van der Waals surface area contributed by atoms with E-state index >= 15 is 0 Å². The minimum absolute atomic E-state index is 0.0747. The lowest BCUT2D eigenvalue weighted by molar-refractivity contribution is -0.575. The average Bonchev–Trinajstić information content (AvgIpc) is 2.67. The highest BCUT2D eigenvalue weighted by molar-refractivity contribution is 7.81. The highest BCUT2D eigenvalue weighted by atomic mass is 35.5. The number of nitrogens with one attached hydrogen (secondary N) is 1. The van der Waals surface area contributed by atoms with Crippen LogP contribution in [0.2, 0.25) is 5.02 Å². The van der Waals surface area contributed by atoms with Gasteiger partial charge in [-0.2, -0.15) is 4.57 Å². The van der Waals surface area contributed by atoms with Crippen molar-refractivity contribution in [2.24, 2.45) is 0 Å². The van der Waals surface area contributed by atoms with E-state index < -0.39 is 0 Å². The first-order chi connectivity index (χ1) is 13.0. The van der Waals surface area contributed by atoms with Gasteiger partial charge in [0.2, 0.25) is 0 Å². The SMILES string of the molecule is Cc1cccc(NC(=S)C(=C(O)c2ccc(Cl)cc2)[n+]2ccccc2)c1C. The second-order valence-corrected chi connectivity index (χ2v) is 7.03. The first-order valence-electron chi connectivity index (χ1n) is 8.51. The summed E-state index contributed by atoms with van der Waals surface area (Å²) in [6.45, 7) is 4.09. The van der Waals surface area contributed by atoms with Gasteiger partial charge in [-0.25, -0.2) is 0 Å². The van der Waals surface area contributed by atoms with Gasteiger partial charge >= 0.3 is 0 Å². The third kappa shape index (κ3) is 4.35. The van der Waals surface area contributed by atoms with E-state index in [1.54, 1.807) is 28.8 Å². The van der Waals surface area contributed by atoms with Gasteiger partial charge in [-0.15, -0.1) is 0 Å². The molecule has 0 saturated carbocycles. The zero-order valence-corrected chi connectivity index (χ0v) is 16.7. The summed E-state index contributed by atoms with van der Waals surface area (Å²) in [6.07, 6.45) is 3.69. The molecule has 0 aliphatic carbocycles. The van der Waals surface area contributed by atoms with Gasteiger partial charge in [0.25, 0.3) is 5.70 Å². The Morgan fingerprint density at radius 3 is 2.30 bits per heavy atom. The number of halogens is 1. The van der Waals surface area contributed by atoms with Crippen molar-refractivity contribution in [1.82, 2.24) is 0 Å². The van der Waals surface area contributed by atoms with Crippen molar-refractivity contribution in [2.45, 2.75) is 13.8 Å². The Bertz CT molecular complexity index is 999. The molecule has 3 aromatic rings. The molecule has 1 heterocycles. The van der Waals surface area contributed by atoms with E-state index in [9.17, 15) is 5.11 Å². The Balaban J connectivity index is 2.07. The number of thiocarbonyl (C=S) groups is 1. The summed E-state index contributed by atoms with van der Waals surface area (Å²) in [5.74, 6) is 0.0747. The van der Waals surface area contributed by atoms with Gasteiger partial charge in [0.1, 0.15) is 0 Å². The van der Waals surface area contributed by atoms with Gasteiger partial charge in [0, 0.05) is 28.4 Å². The number of hydrogen-bond acceptors (Lipinski definition) is 2. The molecule has 27 heavy (non-hydrogen) atoms. The van der Waals surface area contributed by atoms with Gasteiger partial charge in [0.15, 0.2) is 23.1 Å². The fraction of sp³-hybridized carbons (Fsp3) is 0.0909. The number of pyridine rings is 1. The number of aliphatic hydroxyl groups excluding tert-OH is 1. The number of rotatable bonds is 4. The lowest BCUT2D eigenvalue weighted by Crippen LogP contribution is -2.38. The Labute approximate surface area is 169 Å². The van der Waals surface area contributed by atoms with Crippen molar-refractivity contribution in [3.63, 3.8) is 0 Å². The van der Waals surface area contributed by atoms with Gasteiger partial charge in [0.05, 0.1) is 0 Å². The fourth-order valence-corrected chi connectivity index (χ4v) is 3.15. The molecule has 0 bridgehead atoms. The molecule has 0 spiro atoms. The molecule has 3 nitrogen and oxygen atoms in total. The average molecular weight is 396 g/mol. The number of aromatic nitrogens is 1. The van der Waals surface area contributed by atoms with Gasteiger partial charge in [-0.05, 0) is 55.3 Å². The van der Waals surface area contributed by atoms with Crippen LogP contribution in [0.1, 0.15) is 16.7 Å². The number of aliphatic hydroxyl groups is 1. The second kappa shape index (κ2) is 8.33. The summed E-state index contributed by atoms with van der Waals surface area (Å²) < 4.78 is 1.80. The minimum atomic E-state index is 0.0747. The van der Waals surface area contributed by atoms with Crippen molar-refractivity contribution in [3.05, 3.63) is 94.8 Å². The Morgan fingerprint density at radius 2 is 1.63 bits per heavy atom. The molecule has 0 amide bonds. The highest BCUT2D eigenvalue weighted by Gasteiger charge is 2.24. The van der Waals surface area contributed by atoms with Crippen molar-refractivity contribution < 1.29 is 9.67 Å². The fourth-order valence-electron chi connectivity index (χ4n) is 2.71. The Hall–Kier alpha value is -2.69. The highest BCUT2D eigenvalue weighted by Crippen LogP contribution is 2.23. The zero-order chi connectivity index (χ0) is 19.4. The standard InChI is InChI=1S/C22H19ClN2OS/c1-15-7-6-8-19(16(15)2)24-22(27)20(25-13-4-3-5-14-25)21(26)17-9-11-18(23)12-10-17/h3-14H,1-2H3,(H-,24,26,27)/p+1. The molecule has 2 aromatic carbocycles. The van der Waals surface area contributed by atoms with Crippen LogP contribution in [-0.4, -0.2) is 10.1 Å². The molecule has 3 rings (SSSR count). The summed E-state index contributed by atoms with van der Waals surface area (Å²) >= 11 is 11.6. The Kier molecular flexibility index (Phi) is 5.89. The molecule has 0 radical (unpaired) electrons. The van der Waals surface area contributed by atoms with Crippen LogP contribution in [0.3, 0.4) is 0 Å². The molecule has 0 atom stereocenters. The lowest BCUT2D eigenvalue weighted by Gasteiger charge is -2.13. The number of nitrogens with zero attached hydrogens (tertiary/aromatic N) is 1. The van der Waals surface area contributed by atoms with Gasteiger partial charge < -0.3 is 10.4 Å². The van der Waals surface area contributed by atoms with E-state index in [1.165, 1.54) is 5.56 Å². The first-order valence-corrected chi connectivity index (χ1v) is 9.29. The minimum Gasteiger partial charge on any atom is -0.502 e. The normalized spacial score (nSPS) is 11.7. The molecule has 0 aliphatic rings. The van der Waals surface area contributed by atoms with Crippen molar-refractivity contribution >= 4 is 46.0 Å². The van der Waals surface area contributed by atoms with Crippen LogP contribution in [0.25, 0.3) is 11.5 Å². The van der Waals surface area contributed by atoms with E-state index in [0.29, 0.717) is 21.3 Å². The topological polar surface area (TPSA) is 36.1 Å². The number of benzene rings is 2. The summed E-state index contributed by atoms with van der Waals surface area (Å²) in [6, 6.07) is 18.7. The van der Waals surface area contributed by atoms with E-state index in [0.717, 1.165) is 11.3 Å².